The summed E-state index contributed by atoms with van der Waals surface area (Å²) >= 11 is 0. The Morgan fingerprint density at radius 1 is 1.16 bits per heavy atom. The summed E-state index contributed by atoms with van der Waals surface area (Å²) in [6, 6.07) is 13.0. The highest BCUT2D eigenvalue weighted by molar-refractivity contribution is 5.90. The van der Waals surface area contributed by atoms with Crippen molar-refractivity contribution in [3.05, 3.63) is 59.9 Å². The van der Waals surface area contributed by atoms with Gasteiger partial charge in [0.1, 0.15) is 5.75 Å². The van der Waals surface area contributed by atoms with Gasteiger partial charge in [0.15, 0.2) is 11.9 Å². The molecular weight excluding hydrogens is 330 g/mol. The number of benzene rings is 2. The maximum Gasteiger partial charge on any atom is 0.338 e. The van der Waals surface area contributed by atoms with Gasteiger partial charge >= 0.3 is 12.5 Å². The van der Waals surface area contributed by atoms with Gasteiger partial charge in [-0.1, -0.05) is 18.2 Å². The highest BCUT2D eigenvalue weighted by atomic mass is 19.3. The fraction of sp³-hybridized carbons (Fsp3) is 0.222. The van der Waals surface area contributed by atoms with Crippen molar-refractivity contribution in [1.29, 1.82) is 0 Å². The van der Waals surface area contributed by atoms with Crippen molar-refractivity contribution in [1.82, 2.24) is 9.55 Å². The van der Waals surface area contributed by atoms with E-state index in [0.717, 1.165) is 4.57 Å². The summed E-state index contributed by atoms with van der Waals surface area (Å²) in [5.41, 5.74) is 0.977. The van der Waals surface area contributed by atoms with E-state index < -0.39 is 18.6 Å². The summed E-state index contributed by atoms with van der Waals surface area (Å²) in [6.45, 7) is -1.28. The summed E-state index contributed by atoms with van der Waals surface area (Å²) in [7, 11) is 1.48. The number of carbonyl (C=O) groups is 1. The number of halogens is 2. The first-order valence-corrected chi connectivity index (χ1v) is 7.61. The van der Waals surface area contributed by atoms with Crippen LogP contribution in [0.4, 0.5) is 8.78 Å². The third kappa shape index (κ3) is 3.31. The van der Waals surface area contributed by atoms with Crippen molar-refractivity contribution in [2.75, 3.05) is 7.11 Å². The summed E-state index contributed by atoms with van der Waals surface area (Å²) in [5, 5.41) is 0. The summed E-state index contributed by atoms with van der Waals surface area (Å²) in [6.07, 6.45) is -0.944. The van der Waals surface area contributed by atoms with Gasteiger partial charge in [-0.05, 0) is 37.3 Å². The summed E-state index contributed by atoms with van der Waals surface area (Å²) in [4.78, 5) is 16.5. The average molecular weight is 346 g/mol. The number of methoxy groups -OCH3 is 1. The molecule has 0 fully saturated rings. The Hall–Kier alpha value is -2.96. The molecule has 1 unspecified atom stereocenters. The standard InChI is InChI=1S/C18H16F2N2O3/c1-11(25-17(23)12-6-5-7-13(10-12)24-2)16-21-14-8-3-4-9-15(14)22(16)18(19)20/h3-11,18H,1-2H3. The average Bonchev–Trinajstić information content (AvgIpc) is 3.01. The van der Waals surface area contributed by atoms with Crippen LogP contribution in [-0.2, 0) is 4.74 Å². The number of para-hydroxylation sites is 2. The Labute approximate surface area is 142 Å². The molecule has 0 N–H and O–H groups in total. The lowest BCUT2D eigenvalue weighted by Gasteiger charge is -2.15. The van der Waals surface area contributed by atoms with Crippen molar-refractivity contribution in [2.45, 2.75) is 19.6 Å². The van der Waals surface area contributed by atoms with E-state index in [0.29, 0.717) is 11.3 Å². The monoisotopic (exact) mass is 346 g/mol. The molecular formula is C18H16F2N2O3. The number of fused-ring (bicyclic) bond motifs is 1. The zero-order valence-electron chi connectivity index (χ0n) is 13.6. The molecule has 3 rings (SSSR count). The fourth-order valence-electron chi connectivity index (χ4n) is 2.59. The van der Waals surface area contributed by atoms with Gasteiger partial charge in [-0.15, -0.1) is 0 Å². The highest BCUT2D eigenvalue weighted by Gasteiger charge is 2.24. The lowest BCUT2D eigenvalue weighted by Crippen LogP contribution is -2.14. The number of carbonyl (C=O) groups excluding carboxylic acids is 1. The van der Waals surface area contributed by atoms with Crippen LogP contribution in [0.5, 0.6) is 5.75 Å². The number of alkyl halides is 2. The Morgan fingerprint density at radius 3 is 2.64 bits per heavy atom. The molecule has 2 aromatic carbocycles. The van der Waals surface area contributed by atoms with Gasteiger partial charge in [0.2, 0.25) is 0 Å². The Bertz CT molecular complexity index is 908. The summed E-state index contributed by atoms with van der Waals surface area (Å²) in [5.74, 6) is -0.145. The zero-order valence-corrected chi connectivity index (χ0v) is 13.6. The molecule has 1 heterocycles. The predicted molar refractivity (Wildman–Crippen MR) is 87.8 cm³/mol. The van der Waals surface area contributed by atoms with Gasteiger partial charge in [-0.3, -0.25) is 4.57 Å². The van der Waals surface area contributed by atoms with Crippen LogP contribution in [-0.4, -0.2) is 22.6 Å². The molecule has 7 heteroatoms. The fourth-order valence-corrected chi connectivity index (χ4v) is 2.59. The number of ether oxygens (including phenoxy) is 2. The Morgan fingerprint density at radius 2 is 1.92 bits per heavy atom. The molecule has 0 saturated heterocycles. The number of hydrogen-bond acceptors (Lipinski definition) is 4. The minimum atomic E-state index is -2.79. The molecule has 0 spiro atoms. The smallest absolute Gasteiger partial charge is 0.338 e. The first-order valence-electron chi connectivity index (χ1n) is 7.61. The molecule has 130 valence electrons. The molecule has 0 aliphatic carbocycles. The molecule has 1 aromatic heterocycles. The molecule has 1 atom stereocenters. The number of hydrogen-bond donors (Lipinski definition) is 0. The second-order valence-corrected chi connectivity index (χ2v) is 5.39. The molecule has 0 aliphatic heterocycles. The molecule has 0 radical (unpaired) electrons. The molecule has 0 saturated carbocycles. The maximum absolute atomic E-state index is 13.5. The molecule has 5 nitrogen and oxygen atoms in total. The van der Waals surface area contributed by atoms with Gasteiger partial charge in [0.25, 0.3) is 0 Å². The molecule has 0 bridgehead atoms. The number of esters is 1. The Kier molecular flexibility index (Phi) is 4.65. The van der Waals surface area contributed by atoms with Crippen LogP contribution in [0, 0.1) is 0 Å². The van der Waals surface area contributed by atoms with E-state index in [1.54, 1.807) is 42.5 Å². The first kappa shape index (κ1) is 16.9. The van der Waals surface area contributed by atoms with E-state index in [4.69, 9.17) is 9.47 Å². The van der Waals surface area contributed by atoms with E-state index in [2.05, 4.69) is 4.98 Å². The lowest BCUT2D eigenvalue weighted by molar-refractivity contribution is 0.0233. The van der Waals surface area contributed by atoms with Crippen LogP contribution in [0.15, 0.2) is 48.5 Å². The molecule has 0 amide bonds. The van der Waals surface area contributed by atoms with Crippen molar-refractivity contribution in [3.63, 3.8) is 0 Å². The third-order valence-electron chi connectivity index (χ3n) is 3.77. The predicted octanol–water partition coefficient (Wildman–Crippen LogP) is 4.36. The zero-order chi connectivity index (χ0) is 18.0. The van der Waals surface area contributed by atoms with Gasteiger partial charge in [0.05, 0.1) is 23.7 Å². The number of rotatable bonds is 5. The van der Waals surface area contributed by atoms with Crippen LogP contribution in [0.2, 0.25) is 0 Å². The molecule has 0 aliphatic rings. The molecule has 25 heavy (non-hydrogen) atoms. The normalized spacial score (nSPS) is 12.4. The van der Waals surface area contributed by atoms with Crippen LogP contribution < -0.4 is 4.74 Å². The largest absolute Gasteiger partial charge is 0.497 e. The van der Waals surface area contributed by atoms with E-state index in [-0.39, 0.29) is 16.9 Å². The highest BCUT2D eigenvalue weighted by Crippen LogP contribution is 2.28. The van der Waals surface area contributed by atoms with Gasteiger partial charge < -0.3 is 9.47 Å². The third-order valence-corrected chi connectivity index (χ3v) is 3.77. The topological polar surface area (TPSA) is 53.4 Å². The minimum absolute atomic E-state index is 0.00699. The SMILES string of the molecule is COc1cccc(C(=O)OC(C)c2nc3ccccc3n2C(F)F)c1. The van der Waals surface area contributed by atoms with Crippen LogP contribution >= 0.6 is 0 Å². The van der Waals surface area contributed by atoms with Crippen LogP contribution in [0.25, 0.3) is 11.0 Å². The van der Waals surface area contributed by atoms with Gasteiger partial charge in [0, 0.05) is 0 Å². The maximum atomic E-state index is 13.5. The van der Waals surface area contributed by atoms with Crippen molar-refractivity contribution < 1.29 is 23.0 Å². The van der Waals surface area contributed by atoms with Gasteiger partial charge in [-0.25, -0.2) is 9.78 Å². The molecule has 3 aromatic rings. The summed E-state index contributed by atoms with van der Waals surface area (Å²) < 4.78 is 38.1. The quantitative estimate of drug-likeness (QED) is 0.644. The Balaban J connectivity index is 1.90. The van der Waals surface area contributed by atoms with Crippen molar-refractivity contribution in [2.24, 2.45) is 0 Å². The second kappa shape index (κ2) is 6.88. The van der Waals surface area contributed by atoms with E-state index in [1.807, 2.05) is 0 Å². The minimum Gasteiger partial charge on any atom is -0.497 e. The number of aromatic nitrogens is 2. The van der Waals surface area contributed by atoms with Crippen molar-refractivity contribution in [3.8, 4) is 5.75 Å². The van der Waals surface area contributed by atoms with E-state index in [1.165, 1.54) is 20.1 Å². The number of nitrogens with zero attached hydrogens (tertiary/aromatic N) is 2. The number of imidazole rings is 1. The lowest BCUT2D eigenvalue weighted by atomic mass is 10.2. The second-order valence-electron chi connectivity index (χ2n) is 5.39. The van der Waals surface area contributed by atoms with Crippen LogP contribution in [0.3, 0.4) is 0 Å². The van der Waals surface area contributed by atoms with Gasteiger partial charge in [-0.2, -0.15) is 8.78 Å². The van der Waals surface area contributed by atoms with E-state index in [9.17, 15) is 13.6 Å². The van der Waals surface area contributed by atoms with Crippen LogP contribution in [0.1, 0.15) is 35.8 Å². The first-order chi connectivity index (χ1) is 12.0. The van der Waals surface area contributed by atoms with Crippen molar-refractivity contribution >= 4 is 17.0 Å². The van der Waals surface area contributed by atoms with E-state index >= 15 is 0 Å².